The largest absolute Gasteiger partial charge is 0.500 e. The first-order valence-corrected chi connectivity index (χ1v) is 14.8. The van der Waals surface area contributed by atoms with Crippen LogP contribution in [0.25, 0.3) is 0 Å². The molecule has 0 heterocycles. The maximum absolute atomic E-state index is 5.92. The molecule has 0 rings (SSSR count). The van der Waals surface area contributed by atoms with Crippen molar-refractivity contribution in [2.24, 2.45) is 0 Å². The number of allylic oxidation sites excluding steroid dienone is 1. The van der Waals surface area contributed by atoms with Crippen LogP contribution in [0.4, 0.5) is 0 Å². The van der Waals surface area contributed by atoms with Crippen molar-refractivity contribution >= 4 is 17.6 Å². The van der Waals surface area contributed by atoms with Crippen molar-refractivity contribution in [1.82, 2.24) is 0 Å². The summed E-state index contributed by atoms with van der Waals surface area (Å²) in [4.78, 5) is 0. The molecule has 0 aliphatic carbocycles. The summed E-state index contributed by atoms with van der Waals surface area (Å²) in [7, 11) is -5.10. The van der Waals surface area contributed by atoms with E-state index in [0.29, 0.717) is 39.6 Å². The van der Waals surface area contributed by atoms with Gasteiger partial charge in [-0.3, -0.25) is 0 Å². The second-order valence-electron chi connectivity index (χ2n) is 6.42. The van der Waals surface area contributed by atoms with Crippen molar-refractivity contribution in [1.29, 1.82) is 0 Å². The van der Waals surface area contributed by atoms with E-state index in [-0.39, 0.29) is 0 Å². The quantitative estimate of drug-likeness (QED) is 0.193. The summed E-state index contributed by atoms with van der Waals surface area (Å²) < 4.78 is 35.5. The zero-order valence-electron chi connectivity index (χ0n) is 19.1. The van der Waals surface area contributed by atoms with E-state index in [0.717, 1.165) is 37.8 Å². The second-order valence-corrected chi connectivity index (χ2v) is 11.9. The number of hydrogen-bond acceptors (Lipinski definition) is 6. The first-order chi connectivity index (χ1) is 13.5. The van der Waals surface area contributed by atoms with Crippen molar-refractivity contribution in [3.63, 3.8) is 0 Å². The lowest BCUT2D eigenvalue weighted by atomic mass is 10.1. The minimum absolute atomic E-state index is 0.617. The Morgan fingerprint density at radius 3 is 1.00 bits per heavy atom. The normalized spacial score (nSPS) is 12.5. The zero-order chi connectivity index (χ0) is 21.3. The highest BCUT2D eigenvalue weighted by molar-refractivity contribution is 6.61. The van der Waals surface area contributed by atoms with E-state index < -0.39 is 17.6 Å². The van der Waals surface area contributed by atoms with Crippen molar-refractivity contribution in [2.45, 2.75) is 79.3 Å². The summed E-state index contributed by atoms with van der Waals surface area (Å²) in [5.74, 6) is 0. The van der Waals surface area contributed by atoms with Gasteiger partial charge in [-0.25, -0.2) is 0 Å². The molecule has 0 aromatic heterocycles. The van der Waals surface area contributed by atoms with Crippen LogP contribution in [0, 0.1) is 0 Å². The molecule has 0 aromatic carbocycles. The molecule has 0 spiro atoms. The van der Waals surface area contributed by atoms with Crippen LogP contribution in [0.5, 0.6) is 0 Å². The third kappa shape index (κ3) is 11.2. The Balaban J connectivity index is 4.48. The van der Waals surface area contributed by atoms with E-state index in [1.54, 1.807) is 0 Å². The fourth-order valence-corrected chi connectivity index (χ4v) is 8.46. The topological polar surface area (TPSA) is 55.4 Å². The van der Waals surface area contributed by atoms with Gasteiger partial charge in [0.05, 0.1) is 0 Å². The first kappa shape index (κ1) is 27.9. The maximum atomic E-state index is 5.92. The van der Waals surface area contributed by atoms with E-state index in [4.69, 9.17) is 26.6 Å². The van der Waals surface area contributed by atoms with Gasteiger partial charge in [-0.2, -0.15) is 0 Å². The molecule has 8 heteroatoms. The maximum Gasteiger partial charge on any atom is 0.500 e. The van der Waals surface area contributed by atoms with Gasteiger partial charge < -0.3 is 26.6 Å². The van der Waals surface area contributed by atoms with Gasteiger partial charge in [-0.05, 0) is 67.2 Å². The molecule has 0 aromatic rings. The minimum Gasteiger partial charge on any atom is -0.374 e. The van der Waals surface area contributed by atoms with Crippen LogP contribution in [-0.2, 0) is 26.6 Å². The summed E-state index contributed by atoms with van der Waals surface area (Å²) in [5.41, 5.74) is 1.24. The third-order valence-electron chi connectivity index (χ3n) is 4.21. The van der Waals surface area contributed by atoms with Crippen molar-refractivity contribution < 1.29 is 26.6 Å². The van der Waals surface area contributed by atoms with Gasteiger partial charge in [0.1, 0.15) is 0 Å². The highest BCUT2D eigenvalue weighted by Gasteiger charge is 2.40. The molecule has 0 aliphatic rings. The van der Waals surface area contributed by atoms with E-state index in [2.05, 4.69) is 6.58 Å². The molecule has 0 N–H and O–H groups in total. The van der Waals surface area contributed by atoms with E-state index in [1.807, 2.05) is 41.5 Å². The van der Waals surface area contributed by atoms with Gasteiger partial charge in [0.25, 0.3) is 0 Å². The summed E-state index contributed by atoms with van der Waals surface area (Å²) >= 11 is 0. The second kappa shape index (κ2) is 16.7. The fourth-order valence-electron chi connectivity index (χ4n) is 3.24. The molecule has 0 aliphatic heterocycles. The van der Waals surface area contributed by atoms with E-state index in [9.17, 15) is 0 Å². The summed E-state index contributed by atoms with van der Waals surface area (Å²) in [6, 6.07) is 1.66. The molecular weight excluding hydrogens is 392 g/mol. The molecule has 0 saturated heterocycles. The lowest BCUT2D eigenvalue weighted by molar-refractivity contribution is 0.0703. The average Bonchev–Trinajstić information content (AvgIpc) is 2.63. The van der Waals surface area contributed by atoms with Gasteiger partial charge in [0.15, 0.2) is 0 Å². The molecule has 0 fully saturated rings. The summed E-state index contributed by atoms with van der Waals surface area (Å²) in [6.07, 6.45) is 3.84. The predicted molar refractivity (Wildman–Crippen MR) is 118 cm³/mol. The Hall–Kier alpha value is -0.0662. The standard InChI is InChI=1S/C20H44O6Si2/c1-8-21-27(22-9-2,23-10-3)18-14-16-20(7)17-15-19-28(24-11-4,25-12-5)26-13-6/h7-19H2,1-6H3. The van der Waals surface area contributed by atoms with Crippen LogP contribution in [0.3, 0.4) is 0 Å². The molecule has 0 atom stereocenters. The minimum atomic E-state index is -2.55. The number of hydrogen-bond donors (Lipinski definition) is 0. The summed E-state index contributed by atoms with van der Waals surface area (Å²) in [6.45, 7) is 19.9. The Morgan fingerprint density at radius 1 is 0.536 bits per heavy atom. The molecule has 6 nitrogen and oxygen atoms in total. The van der Waals surface area contributed by atoms with Crippen molar-refractivity contribution in [3.05, 3.63) is 12.2 Å². The van der Waals surface area contributed by atoms with Crippen LogP contribution in [-0.4, -0.2) is 57.3 Å². The van der Waals surface area contributed by atoms with Crippen LogP contribution < -0.4 is 0 Å². The fraction of sp³-hybridized carbons (Fsp3) is 0.900. The Morgan fingerprint density at radius 2 is 0.786 bits per heavy atom. The van der Waals surface area contributed by atoms with Gasteiger partial charge in [-0.1, -0.05) is 12.2 Å². The lowest BCUT2D eigenvalue weighted by Gasteiger charge is -2.29. The van der Waals surface area contributed by atoms with Crippen LogP contribution in [0.15, 0.2) is 12.2 Å². The molecule has 0 saturated carbocycles. The first-order valence-electron chi connectivity index (χ1n) is 11.0. The smallest absolute Gasteiger partial charge is 0.374 e. The molecule has 0 radical (unpaired) electrons. The van der Waals surface area contributed by atoms with E-state index in [1.165, 1.54) is 5.57 Å². The molecular formula is C20H44O6Si2. The SMILES string of the molecule is C=C(CCC[Si](OCC)(OCC)OCC)CCC[Si](OCC)(OCC)OCC. The van der Waals surface area contributed by atoms with Crippen LogP contribution >= 0.6 is 0 Å². The molecule has 0 amide bonds. The molecule has 0 unspecified atom stereocenters. The third-order valence-corrected chi connectivity index (χ3v) is 10.5. The Labute approximate surface area is 175 Å². The average molecular weight is 437 g/mol. The van der Waals surface area contributed by atoms with E-state index >= 15 is 0 Å². The molecule has 168 valence electrons. The lowest BCUT2D eigenvalue weighted by Crippen LogP contribution is -2.46. The van der Waals surface area contributed by atoms with Gasteiger partial charge in [0, 0.05) is 51.7 Å². The van der Waals surface area contributed by atoms with Crippen LogP contribution in [0.1, 0.15) is 67.2 Å². The van der Waals surface area contributed by atoms with Crippen molar-refractivity contribution in [3.8, 4) is 0 Å². The predicted octanol–water partition coefficient (Wildman–Crippen LogP) is 5.20. The van der Waals surface area contributed by atoms with Crippen LogP contribution in [0.2, 0.25) is 12.1 Å². The zero-order valence-corrected chi connectivity index (χ0v) is 21.1. The van der Waals surface area contributed by atoms with Crippen molar-refractivity contribution in [2.75, 3.05) is 39.6 Å². The Bertz CT molecular complexity index is 327. The van der Waals surface area contributed by atoms with Gasteiger partial charge >= 0.3 is 17.6 Å². The van der Waals surface area contributed by atoms with Gasteiger partial charge in [-0.15, -0.1) is 0 Å². The molecule has 28 heavy (non-hydrogen) atoms. The number of rotatable bonds is 20. The monoisotopic (exact) mass is 436 g/mol. The highest BCUT2D eigenvalue weighted by atomic mass is 28.4. The highest BCUT2D eigenvalue weighted by Crippen LogP contribution is 2.24. The molecule has 0 bridgehead atoms. The summed E-state index contributed by atoms with van der Waals surface area (Å²) in [5, 5.41) is 0. The Kier molecular flexibility index (Phi) is 16.7. The van der Waals surface area contributed by atoms with Gasteiger partial charge in [0.2, 0.25) is 0 Å².